The number of halogens is 1. The number of benzene rings is 1. The van der Waals surface area contributed by atoms with Crippen LogP contribution in [0.25, 0.3) is 5.69 Å². The topological polar surface area (TPSA) is 17.8 Å². The number of hydrogen-bond acceptors (Lipinski definition) is 1. The zero-order valence-electron chi connectivity index (χ0n) is 8.18. The van der Waals surface area contributed by atoms with Crippen molar-refractivity contribution < 1.29 is 4.39 Å². The van der Waals surface area contributed by atoms with Gasteiger partial charge in [-0.15, -0.1) is 0 Å². The fraction of sp³-hybridized carbons (Fsp3) is 0.0833. The predicted molar refractivity (Wildman–Crippen MR) is 57.6 cm³/mol. The average molecular weight is 202 g/mol. The van der Waals surface area contributed by atoms with E-state index in [1.807, 2.05) is 24.4 Å². The smallest absolute Gasteiger partial charge is 0.143 e. The summed E-state index contributed by atoms with van der Waals surface area (Å²) >= 11 is 0. The molecule has 0 aliphatic rings. The standard InChI is InChI=1S/C12H11FN2/c1-2-12(13)10-4-6-11(7-5-10)15-9-3-8-14-15/h2-9,12H,1H2. The van der Waals surface area contributed by atoms with Crippen LogP contribution < -0.4 is 0 Å². The van der Waals surface area contributed by atoms with E-state index in [1.165, 1.54) is 6.08 Å². The second-order valence-corrected chi connectivity index (χ2v) is 3.18. The molecule has 1 aromatic carbocycles. The molecule has 2 nitrogen and oxygen atoms in total. The van der Waals surface area contributed by atoms with E-state index in [1.54, 1.807) is 23.0 Å². The van der Waals surface area contributed by atoms with Gasteiger partial charge in [0.05, 0.1) is 5.69 Å². The number of alkyl halides is 1. The Hall–Kier alpha value is -1.90. The zero-order valence-corrected chi connectivity index (χ0v) is 8.18. The minimum atomic E-state index is -1.10. The molecular weight excluding hydrogens is 191 g/mol. The maximum absolute atomic E-state index is 13.2. The zero-order chi connectivity index (χ0) is 10.7. The Balaban J connectivity index is 2.28. The summed E-state index contributed by atoms with van der Waals surface area (Å²) in [7, 11) is 0. The summed E-state index contributed by atoms with van der Waals surface area (Å²) in [6.07, 6.45) is 3.73. The van der Waals surface area contributed by atoms with E-state index in [9.17, 15) is 4.39 Å². The fourth-order valence-corrected chi connectivity index (χ4v) is 1.37. The van der Waals surface area contributed by atoms with E-state index in [0.29, 0.717) is 5.56 Å². The highest BCUT2D eigenvalue weighted by atomic mass is 19.1. The first-order chi connectivity index (χ1) is 7.31. The van der Waals surface area contributed by atoms with Gasteiger partial charge in [-0.1, -0.05) is 24.8 Å². The second kappa shape index (κ2) is 4.09. The first kappa shape index (κ1) is 9.65. The quantitative estimate of drug-likeness (QED) is 0.699. The third-order valence-electron chi connectivity index (χ3n) is 2.19. The summed E-state index contributed by atoms with van der Waals surface area (Å²) in [6.45, 7) is 3.42. The number of rotatable bonds is 3. The molecule has 76 valence electrons. The normalized spacial score (nSPS) is 12.3. The highest BCUT2D eigenvalue weighted by Crippen LogP contribution is 2.19. The first-order valence-corrected chi connectivity index (χ1v) is 4.68. The third-order valence-corrected chi connectivity index (χ3v) is 2.19. The number of hydrogen-bond donors (Lipinski definition) is 0. The van der Waals surface area contributed by atoms with Gasteiger partial charge >= 0.3 is 0 Å². The van der Waals surface area contributed by atoms with Gasteiger partial charge in [-0.25, -0.2) is 9.07 Å². The van der Waals surface area contributed by atoms with Gasteiger partial charge in [0.2, 0.25) is 0 Å². The molecule has 0 bridgehead atoms. The van der Waals surface area contributed by atoms with Crippen LogP contribution in [0.3, 0.4) is 0 Å². The van der Waals surface area contributed by atoms with Crippen molar-refractivity contribution in [3.05, 3.63) is 60.9 Å². The van der Waals surface area contributed by atoms with Crippen LogP contribution >= 0.6 is 0 Å². The van der Waals surface area contributed by atoms with Gasteiger partial charge in [-0.05, 0) is 23.8 Å². The molecule has 0 radical (unpaired) electrons. The predicted octanol–water partition coefficient (Wildman–Crippen LogP) is 3.07. The summed E-state index contributed by atoms with van der Waals surface area (Å²) in [5.74, 6) is 0. The van der Waals surface area contributed by atoms with Crippen molar-refractivity contribution in [3.8, 4) is 5.69 Å². The number of aromatic nitrogens is 2. The highest BCUT2D eigenvalue weighted by Gasteiger charge is 2.04. The Labute approximate surface area is 87.7 Å². The molecule has 0 N–H and O–H groups in total. The lowest BCUT2D eigenvalue weighted by molar-refractivity contribution is 0.415. The van der Waals surface area contributed by atoms with Gasteiger partial charge in [-0.3, -0.25) is 0 Å². The minimum Gasteiger partial charge on any atom is -0.241 e. The largest absolute Gasteiger partial charge is 0.241 e. The van der Waals surface area contributed by atoms with Crippen LogP contribution in [0.2, 0.25) is 0 Å². The Bertz CT molecular complexity index is 431. The summed E-state index contributed by atoms with van der Waals surface area (Å²) in [5.41, 5.74) is 1.53. The van der Waals surface area contributed by atoms with Crippen molar-refractivity contribution in [1.29, 1.82) is 0 Å². The van der Waals surface area contributed by atoms with Gasteiger partial charge in [0.1, 0.15) is 6.17 Å². The molecule has 1 aromatic heterocycles. The molecule has 0 spiro atoms. The maximum Gasteiger partial charge on any atom is 0.143 e. The van der Waals surface area contributed by atoms with Crippen molar-refractivity contribution in [1.82, 2.24) is 9.78 Å². The molecule has 0 aliphatic heterocycles. The summed E-state index contributed by atoms with van der Waals surface area (Å²) in [4.78, 5) is 0. The van der Waals surface area contributed by atoms with E-state index < -0.39 is 6.17 Å². The van der Waals surface area contributed by atoms with E-state index in [4.69, 9.17) is 0 Å². The number of nitrogens with zero attached hydrogens (tertiary/aromatic N) is 2. The Kier molecular flexibility index (Phi) is 2.63. The Morgan fingerprint density at radius 1 is 1.33 bits per heavy atom. The van der Waals surface area contributed by atoms with Gasteiger partial charge in [-0.2, -0.15) is 5.10 Å². The van der Waals surface area contributed by atoms with E-state index in [2.05, 4.69) is 11.7 Å². The summed E-state index contributed by atoms with van der Waals surface area (Å²) in [5, 5.41) is 4.08. The van der Waals surface area contributed by atoms with Crippen LogP contribution in [0, 0.1) is 0 Å². The Morgan fingerprint density at radius 3 is 2.60 bits per heavy atom. The lowest BCUT2D eigenvalue weighted by Crippen LogP contribution is -1.94. The molecule has 2 rings (SSSR count). The van der Waals surface area contributed by atoms with Crippen molar-refractivity contribution in [2.24, 2.45) is 0 Å². The summed E-state index contributed by atoms with van der Waals surface area (Å²) in [6, 6.07) is 8.99. The Morgan fingerprint density at radius 2 is 2.07 bits per heavy atom. The molecule has 1 atom stereocenters. The van der Waals surface area contributed by atoms with Crippen molar-refractivity contribution in [3.63, 3.8) is 0 Å². The van der Waals surface area contributed by atoms with Gasteiger partial charge < -0.3 is 0 Å². The first-order valence-electron chi connectivity index (χ1n) is 4.68. The fourth-order valence-electron chi connectivity index (χ4n) is 1.37. The van der Waals surface area contributed by atoms with Crippen LogP contribution in [0.15, 0.2) is 55.4 Å². The lowest BCUT2D eigenvalue weighted by Gasteiger charge is -2.05. The van der Waals surface area contributed by atoms with E-state index in [-0.39, 0.29) is 0 Å². The van der Waals surface area contributed by atoms with E-state index in [0.717, 1.165) is 5.69 Å². The van der Waals surface area contributed by atoms with Crippen LogP contribution in [0.4, 0.5) is 4.39 Å². The molecule has 1 heterocycles. The van der Waals surface area contributed by atoms with Gasteiger partial charge in [0, 0.05) is 12.4 Å². The molecule has 0 amide bonds. The molecule has 1 unspecified atom stereocenters. The van der Waals surface area contributed by atoms with Crippen LogP contribution in [-0.4, -0.2) is 9.78 Å². The third kappa shape index (κ3) is 1.96. The average Bonchev–Trinajstić information content (AvgIpc) is 2.82. The van der Waals surface area contributed by atoms with Crippen LogP contribution in [0.5, 0.6) is 0 Å². The monoisotopic (exact) mass is 202 g/mol. The minimum absolute atomic E-state index is 0.612. The highest BCUT2D eigenvalue weighted by molar-refractivity contribution is 5.35. The van der Waals surface area contributed by atoms with Gasteiger partial charge in [0.25, 0.3) is 0 Å². The molecule has 0 aliphatic carbocycles. The molecule has 3 heteroatoms. The van der Waals surface area contributed by atoms with Crippen LogP contribution in [-0.2, 0) is 0 Å². The molecule has 15 heavy (non-hydrogen) atoms. The summed E-state index contributed by atoms with van der Waals surface area (Å²) < 4.78 is 14.9. The van der Waals surface area contributed by atoms with Crippen molar-refractivity contribution in [2.75, 3.05) is 0 Å². The van der Waals surface area contributed by atoms with Crippen molar-refractivity contribution in [2.45, 2.75) is 6.17 Å². The molecule has 0 saturated heterocycles. The van der Waals surface area contributed by atoms with E-state index >= 15 is 0 Å². The van der Waals surface area contributed by atoms with Crippen LogP contribution in [0.1, 0.15) is 11.7 Å². The molecular formula is C12H11FN2. The molecule has 0 fully saturated rings. The molecule has 0 saturated carbocycles. The maximum atomic E-state index is 13.2. The number of allylic oxidation sites excluding steroid dienone is 1. The lowest BCUT2D eigenvalue weighted by atomic mass is 10.1. The second-order valence-electron chi connectivity index (χ2n) is 3.18. The SMILES string of the molecule is C=CC(F)c1ccc(-n2cccn2)cc1. The van der Waals surface area contributed by atoms with Gasteiger partial charge in [0.15, 0.2) is 0 Å². The molecule has 2 aromatic rings. The van der Waals surface area contributed by atoms with Crippen molar-refractivity contribution >= 4 is 0 Å².